The molecule has 3 saturated heterocycles. The van der Waals surface area contributed by atoms with Crippen LogP contribution in [-0.2, 0) is 14.3 Å². The predicted octanol–water partition coefficient (Wildman–Crippen LogP) is 1.45. The van der Waals surface area contributed by atoms with Gasteiger partial charge in [0.25, 0.3) is 0 Å². The Hall–Kier alpha value is -0.220. The average molecular weight is 471 g/mol. The monoisotopic (exact) mass is 470 g/mol. The van der Waals surface area contributed by atoms with Crippen LogP contribution in [0.25, 0.3) is 0 Å². The van der Waals surface area contributed by atoms with Gasteiger partial charge in [0.05, 0.1) is 30.0 Å². The minimum absolute atomic E-state index is 0.0124. The Morgan fingerprint density at radius 1 is 1.37 bits per heavy atom. The minimum Gasteiger partial charge on any atom is -0.387 e. The Morgan fingerprint density at radius 3 is 2.80 bits per heavy atom. The van der Waals surface area contributed by atoms with Gasteiger partial charge in [-0.25, -0.2) is 0 Å². The maximum atomic E-state index is 13.0. The molecule has 4 N–H and O–H groups in total. The van der Waals surface area contributed by atoms with Crippen molar-refractivity contribution in [2.45, 2.75) is 93.1 Å². The van der Waals surface area contributed by atoms with Crippen LogP contribution in [0.3, 0.4) is 0 Å². The number of fused-ring (bicyclic) bond motifs is 1. The fraction of sp³-hybridized carbons (Fsp3) is 0.950. The fourth-order valence-electron chi connectivity index (χ4n) is 4.60. The van der Waals surface area contributed by atoms with E-state index in [1.165, 1.54) is 0 Å². The summed E-state index contributed by atoms with van der Waals surface area (Å²) in [7, 11) is 0. The summed E-state index contributed by atoms with van der Waals surface area (Å²) in [5.41, 5.74) is 0. The SMILES string of the molecule is C[C@H](Cl)[C@@H](NC(=O)[C@@H]1CC[C@H](CCCCF)CCN1)[C@H]1OC(CCl)[C@@]2(O)OC2C1O. The van der Waals surface area contributed by atoms with E-state index < -0.39 is 41.6 Å². The third-order valence-electron chi connectivity index (χ3n) is 6.51. The summed E-state index contributed by atoms with van der Waals surface area (Å²) in [5.74, 6) is -1.31. The number of carbonyl (C=O) groups excluding carboxylic acids is 1. The zero-order valence-corrected chi connectivity index (χ0v) is 18.7. The summed E-state index contributed by atoms with van der Waals surface area (Å²) in [4.78, 5) is 13.0. The zero-order valence-electron chi connectivity index (χ0n) is 17.2. The van der Waals surface area contributed by atoms with Crippen LogP contribution < -0.4 is 10.6 Å². The highest BCUT2D eigenvalue weighted by atomic mass is 35.5. The smallest absolute Gasteiger partial charge is 0.237 e. The fourth-order valence-corrected chi connectivity index (χ4v) is 5.10. The lowest BCUT2D eigenvalue weighted by Gasteiger charge is -2.39. The van der Waals surface area contributed by atoms with E-state index in [4.69, 9.17) is 32.7 Å². The standard InChI is InChI=1S/C20H33Cl2FN2O5/c1-11(22)15(17-16(26)18-20(28,30-18)14(10-21)29-17)25-19(27)13-6-5-12(7-9-24-13)4-2-3-8-23/h11-18,24,26,28H,2-10H2,1H3,(H,25,27)/t11-,12-,13-,14?,15+,16?,17+,18?,20+/m0/s1. The Morgan fingerprint density at radius 2 is 2.13 bits per heavy atom. The lowest BCUT2D eigenvalue weighted by molar-refractivity contribution is -0.173. The molecule has 1 amide bonds. The maximum Gasteiger partial charge on any atom is 0.237 e. The van der Waals surface area contributed by atoms with Crippen LogP contribution in [0.5, 0.6) is 0 Å². The number of carbonyl (C=O) groups is 1. The number of epoxide rings is 1. The van der Waals surface area contributed by atoms with Gasteiger partial charge in [-0.3, -0.25) is 9.18 Å². The lowest BCUT2D eigenvalue weighted by atomic mass is 9.92. The minimum atomic E-state index is -1.58. The summed E-state index contributed by atoms with van der Waals surface area (Å²) in [5, 5.41) is 26.6. The first-order valence-corrected chi connectivity index (χ1v) is 11.8. The number of nitrogens with one attached hydrogen (secondary N) is 2. The van der Waals surface area contributed by atoms with Gasteiger partial charge in [0.1, 0.15) is 24.4 Å². The van der Waals surface area contributed by atoms with Gasteiger partial charge in [0.2, 0.25) is 11.7 Å². The lowest BCUT2D eigenvalue weighted by Crippen LogP contribution is -2.63. The molecule has 0 radical (unpaired) electrons. The average Bonchev–Trinajstić information content (AvgIpc) is 3.46. The quantitative estimate of drug-likeness (QED) is 0.231. The highest BCUT2D eigenvalue weighted by Gasteiger charge is 2.70. The van der Waals surface area contributed by atoms with E-state index in [-0.39, 0.29) is 24.5 Å². The Balaban J connectivity index is 1.58. The molecule has 30 heavy (non-hydrogen) atoms. The van der Waals surface area contributed by atoms with E-state index in [1.54, 1.807) is 6.92 Å². The number of hydrogen-bond acceptors (Lipinski definition) is 6. The topological polar surface area (TPSA) is 103 Å². The third-order valence-corrected chi connectivity index (χ3v) is 7.06. The summed E-state index contributed by atoms with van der Waals surface area (Å²) < 4.78 is 23.4. The number of ether oxygens (including phenoxy) is 2. The second kappa shape index (κ2) is 10.6. The van der Waals surface area contributed by atoms with Gasteiger partial charge in [-0.15, -0.1) is 23.2 Å². The molecule has 0 saturated carbocycles. The molecule has 3 unspecified atom stereocenters. The summed E-state index contributed by atoms with van der Waals surface area (Å²) in [6.45, 7) is 2.16. The van der Waals surface area contributed by atoms with Gasteiger partial charge < -0.3 is 30.3 Å². The van der Waals surface area contributed by atoms with Crippen molar-refractivity contribution in [3.05, 3.63) is 0 Å². The second-order valence-electron chi connectivity index (χ2n) is 8.66. The van der Waals surface area contributed by atoms with E-state index >= 15 is 0 Å². The molecule has 0 aromatic rings. The Labute approximate surface area is 187 Å². The molecule has 0 aliphatic carbocycles. The Bertz CT molecular complexity index is 589. The van der Waals surface area contributed by atoms with E-state index in [0.29, 0.717) is 18.8 Å². The van der Waals surface area contributed by atoms with Crippen LogP contribution in [0.15, 0.2) is 0 Å². The van der Waals surface area contributed by atoms with Crippen molar-refractivity contribution in [3.8, 4) is 0 Å². The van der Waals surface area contributed by atoms with Gasteiger partial charge in [-0.05, 0) is 45.1 Å². The molecule has 7 nitrogen and oxygen atoms in total. The molecule has 3 aliphatic heterocycles. The van der Waals surface area contributed by atoms with Crippen molar-refractivity contribution >= 4 is 29.1 Å². The molecule has 0 bridgehead atoms. The molecular formula is C20H33Cl2FN2O5. The zero-order chi connectivity index (χ0) is 21.9. The highest BCUT2D eigenvalue weighted by molar-refractivity contribution is 6.21. The third kappa shape index (κ3) is 5.39. The molecule has 3 fully saturated rings. The molecule has 10 heteroatoms. The van der Waals surface area contributed by atoms with E-state index in [1.807, 2.05) is 0 Å². The number of aliphatic hydroxyl groups is 2. The van der Waals surface area contributed by atoms with Crippen molar-refractivity contribution in [1.29, 1.82) is 0 Å². The van der Waals surface area contributed by atoms with E-state index in [2.05, 4.69) is 10.6 Å². The first-order valence-electron chi connectivity index (χ1n) is 10.8. The van der Waals surface area contributed by atoms with E-state index in [9.17, 15) is 19.4 Å². The molecule has 0 aromatic heterocycles. The highest BCUT2D eigenvalue weighted by Crippen LogP contribution is 2.47. The molecule has 3 rings (SSSR count). The molecule has 174 valence electrons. The second-order valence-corrected chi connectivity index (χ2v) is 9.66. The van der Waals surface area contributed by atoms with Crippen LogP contribution in [-0.4, -0.2) is 82.9 Å². The number of hydrogen-bond donors (Lipinski definition) is 4. The number of aliphatic hydroxyl groups excluding tert-OH is 1. The summed E-state index contributed by atoms with van der Waals surface area (Å²) in [6.07, 6.45) is 1.38. The summed E-state index contributed by atoms with van der Waals surface area (Å²) in [6, 6.07) is -1.05. The van der Waals surface area contributed by atoms with Gasteiger partial charge in [0.15, 0.2) is 0 Å². The first-order chi connectivity index (χ1) is 14.3. The molecule has 3 aliphatic rings. The normalized spacial score (nSPS) is 40.7. The molecule has 9 atom stereocenters. The first kappa shape index (κ1) is 24.4. The molecule has 3 heterocycles. The number of amides is 1. The largest absolute Gasteiger partial charge is 0.387 e. The van der Waals surface area contributed by atoms with Gasteiger partial charge >= 0.3 is 0 Å². The molecular weight excluding hydrogens is 438 g/mol. The number of unbranched alkanes of at least 4 members (excludes halogenated alkanes) is 1. The predicted molar refractivity (Wildman–Crippen MR) is 111 cm³/mol. The van der Waals surface area contributed by atoms with Crippen molar-refractivity contribution < 1.29 is 28.9 Å². The van der Waals surface area contributed by atoms with E-state index in [0.717, 1.165) is 32.2 Å². The molecule has 0 aromatic carbocycles. The summed E-state index contributed by atoms with van der Waals surface area (Å²) >= 11 is 12.2. The Kier molecular flexibility index (Phi) is 8.63. The number of alkyl halides is 3. The van der Waals surface area contributed by atoms with Crippen molar-refractivity contribution in [3.63, 3.8) is 0 Å². The van der Waals surface area contributed by atoms with Gasteiger partial charge in [0, 0.05) is 0 Å². The van der Waals surface area contributed by atoms with Crippen molar-refractivity contribution in [1.82, 2.24) is 10.6 Å². The number of halogens is 3. The van der Waals surface area contributed by atoms with Crippen LogP contribution in [0.4, 0.5) is 4.39 Å². The maximum absolute atomic E-state index is 13.0. The molecule has 0 spiro atoms. The number of rotatable bonds is 9. The van der Waals surface area contributed by atoms with Gasteiger partial charge in [-0.2, -0.15) is 0 Å². The van der Waals surface area contributed by atoms with Crippen molar-refractivity contribution in [2.24, 2.45) is 5.92 Å². The van der Waals surface area contributed by atoms with Crippen LogP contribution >= 0.6 is 23.2 Å². The van der Waals surface area contributed by atoms with Gasteiger partial charge in [-0.1, -0.05) is 12.8 Å². The van der Waals surface area contributed by atoms with Crippen LogP contribution in [0, 0.1) is 5.92 Å². The van der Waals surface area contributed by atoms with Crippen LogP contribution in [0.1, 0.15) is 45.4 Å². The van der Waals surface area contributed by atoms with Crippen molar-refractivity contribution in [2.75, 3.05) is 19.1 Å². The van der Waals surface area contributed by atoms with Crippen LogP contribution in [0.2, 0.25) is 0 Å².